The van der Waals surface area contributed by atoms with Gasteiger partial charge in [-0.05, 0) is 18.4 Å². The van der Waals surface area contributed by atoms with E-state index in [4.69, 9.17) is 15.4 Å². The lowest BCUT2D eigenvalue weighted by Gasteiger charge is -2.35. The van der Waals surface area contributed by atoms with Gasteiger partial charge in [-0.25, -0.2) is 4.79 Å². The molecule has 0 spiro atoms. The van der Waals surface area contributed by atoms with Crippen molar-refractivity contribution in [1.82, 2.24) is 4.90 Å². The smallest absolute Gasteiger partial charge is 0.410 e. The Kier molecular flexibility index (Phi) is 4.56. The van der Waals surface area contributed by atoms with Crippen molar-refractivity contribution in [2.45, 2.75) is 18.4 Å². The minimum absolute atomic E-state index is 0.0790. The van der Waals surface area contributed by atoms with Crippen LogP contribution in [0.1, 0.15) is 12.8 Å². The number of hydrogen-bond acceptors (Lipinski definition) is 4. The third-order valence-electron chi connectivity index (χ3n) is 2.81. The van der Waals surface area contributed by atoms with E-state index >= 15 is 0 Å². The van der Waals surface area contributed by atoms with Crippen LogP contribution in [0.4, 0.5) is 4.79 Å². The summed E-state index contributed by atoms with van der Waals surface area (Å²) in [5, 5.41) is 12.4. The Morgan fingerprint density at radius 3 is 2.61 bits per heavy atom. The van der Waals surface area contributed by atoms with Gasteiger partial charge in [0.2, 0.25) is 0 Å². The number of aliphatic carboxylic acids is 1. The number of carboxylic acid groups (broad SMARTS) is 1. The standard InChI is InChI=1S/C10H14N4O4/c1-2-7-18-9(17)14-5-3-10(4-6-14,8(15)16)12-13-11/h2H,1,3-7H2,(H,15,16). The van der Waals surface area contributed by atoms with E-state index in [1.807, 2.05) is 0 Å². The number of carbonyl (C=O) groups excluding carboxylic acids is 1. The van der Waals surface area contributed by atoms with E-state index in [0.717, 1.165) is 0 Å². The van der Waals surface area contributed by atoms with Crippen LogP contribution in [0.5, 0.6) is 0 Å². The Bertz CT molecular complexity index is 391. The molecule has 0 aromatic heterocycles. The zero-order chi connectivity index (χ0) is 13.6. The maximum absolute atomic E-state index is 11.5. The third-order valence-corrected chi connectivity index (χ3v) is 2.81. The summed E-state index contributed by atoms with van der Waals surface area (Å²) in [5.74, 6) is -1.17. The topological polar surface area (TPSA) is 116 Å². The summed E-state index contributed by atoms with van der Waals surface area (Å²) in [4.78, 5) is 26.6. The Morgan fingerprint density at radius 2 is 2.17 bits per heavy atom. The molecule has 1 N–H and O–H groups in total. The zero-order valence-corrected chi connectivity index (χ0v) is 9.78. The molecule has 8 nitrogen and oxygen atoms in total. The fraction of sp³-hybridized carbons (Fsp3) is 0.600. The van der Waals surface area contributed by atoms with E-state index in [1.165, 1.54) is 11.0 Å². The molecule has 1 aliphatic rings. The number of azide groups is 1. The molecular formula is C10H14N4O4. The van der Waals surface area contributed by atoms with Gasteiger partial charge in [-0.3, -0.25) is 4.79 Å². The monoisotopic (exact) mass is 254 g/mol. The highest BCUT2D eigenvalue weighted by atomic mass is 16.6. The van der Waals surface area contributed by atoms with Crippen LogP contribution in [0.15, 0.2) is 17.8 Å². The summed E-state index contributed by atoms with van der Waals surface area (Å²) in [6.45, 7) is 3.89. The molecule has 0 bridgehead atoms. The van der Waals surface area contributed by atoms with Crippen molar-refractivity contribution in [2.24, 2.45) is 5.11 Å². The Hall–Kier alpha value is -2.21. The molecule has 0 atom stereocenters. The van der Waals surface area contributed by atoms with Crippen LogP contribution < -0.4 is 0 Å². The average Bonchev–Trinajstić information content (AvgIpc) is 2.37. The van der Waals surface area contributed by atoms with Crippen LogP contribution >= 0.6 is 0 Å². The highest BCUT2D eigenvalue weighted by Crippen LogP contribution is 2.27. The van der Waals surface area contributed by atoms with E-state index in [2.05, 4.69) is 16.6 Å². The maximum Gasteiger partial charge on any atom is 0.410 e. The van der Waals surface area contributed by atoms with Gasteiger partial charge in [0.05, 0.1) is 0 Å². The van der Waals surface area contributed by atoms with E-state index in [0.29, 0.717) is 0 Å². The molecule has 0 unspecified atom stereocenters. The largest absolute Gasteiger partial charge is 0.481 e. The van der Waals surface area contributed by atoms with E-state index in [9.17, 15) is 9.59 Å². The third kappa shape index (κ3) is 2.92. The van der Waals surface area contributed by atoms with Crippen LogP contribution in [-0.2, 0) is 9.53 Å². The van der Waals surface area contributed by atoms with Gasteiger partial charge >= 0.3 is 12.1 Å². The van der Waals surface area contributed by atoms with E-state index < -0.39 is 17.6 Å². The molecule has 0 radical (unpaired) electrons. The number of ether oxygens (including phenoxy) is 1. The molecule has 1 saturated heterocycles. The molecule has 98 valence electrons. The van der Waals surface area contributed by atoms with Crippen molar-refractivity contribution in [3.63, 3.8) is 0 Å². The van der Waals surface area contributed by atoms with Gasteiger partial charge in [0, 0.05) is 18.0 Å². The molecule has 0 aromatic rings. The molecule has 1 fully saturated rings. The maximum atomic E-state index is 11.5. The molecule has 1 aliphatic heterocycles. The van der Waals surface area contributed by atoms with Gasteiger partial charge in [0.1, 0.15) is 12.1 Å². The second kappa shape index (κ2) is 5.92. The highest BCUT2D eigenvalue weighted by molar-refractivity contribution is 5.79. The lowest BCUT2D eigenvalue weighted by atomic mass is 9.89. The van der Waals surface area contributed by atoms with Crippen molar-refractivity contribution in [3.8, 4) is 0 Å². The lowest BCUT2D eigenvalue weighted by Crippen LogP contribution is -2.49. The average molecular weight is 254 g/mol. The number of nitrogens with zero attached hydrogens (tertiary/aromatic N) is 4. The van der Waals surface area contributed by atoms with E-state index in [-0.39, 0.29) is 32.5 Å². The number of rotatable bonds is 4. The summed E-state index contributed by atoms with van der Waals surface area (Å²) >= 11 is 0. The van der Waals surface area contributed by atoms with Gasteiger partial charge in [0.25, 0.3) is 0 Å². The Morgan fingerprint density at radius 1 is 1.56 bits per heavy atom. The van der Waals surface area contributed by atoms with Crippen molar-refractivity contribution < 1.29 is 19.4 Å². The van der Waals surface area contributed by atoms with Gasteiger partial charge < -0.3 is 14.7 Å². The van der Waals surface area contributed by atoms with Crippen LogP contribution in [-0.4, -0.2) is 47.3 Å². The van der Waals surface area contributed by atoms with Gasteiger partial charge in [-0.2, -0.15) is 0 Å². The first kappa shape index (κ1) is 13.9. The minimum atomic E-state index is -1.45. The molecule has 0 saturated carbocycles. The van der Waals surface area contributed by atoms with Crippen LogP contribution in [0, 0.1) is 0 Å². The molecule has 8 heteroatoms. The number of piperidine rings is 1. The van der Waals surface area contributed by atoms with Gasteiger partial charge in [-0.1, -0.05) is 17.8 Å². The first-order valence-corrected chi connectivity index (χ1v) is 5.38. The van der Waals surface area contributed by atoms with Crippen molar-refractivity contribution >= 4 is 12.1 Å². The van der Waals surface area contributed by atoms with E-state index in [1.54, 1.807) is 0 Å². The SMILES string of the molecule is C=CCOC(=O)N1CCC(N=[N+]=[N-])(C(=O)O)CC1. The summed E-state index contributed by atoms with van der Waals surface area (Å²) in [6, 6.07) is 0. The zero-order valence-electron chi connectivity index (χ0n) is 9.78. The molecule has 0 aromatic carbocycles. The fourth-order valence-corrected chi connectivity index (χ4v) is 1.72. The van der Waals surface area contributed by atoms with Gasteiger partial charge in [-0.15, -0.1) is 0 Å². The second-order valence-electron chi connectivity index (χ2n) is 3.88. The summed E-state index contributed by atoms with van der Waals surface area (Å²) in [5.41, 5.74) is 6.95. The van der Waals surface area contributed by atoms with Gasteiger partial charge in [0.15, 0.2) is 0 Å². The van der Waals surface area contributed by atoms with Crippen molar-refractivity contribution in [3.05, 3.63) is 23.1 Å². The number of likely N-dealkylation sites (tertiary alicyclic amines) is 1. The first-order chi connectivity index (χ1) is 8.55. The Balaban J connectivity index is 2.63. The molecular weight excluding hydrogens is 240 g/mol. The fourth-order valence-electron chi connectivity index (χ4n) is 1.72. The quantitative estimate of drug-likeness (QED) is 0.354. The predicted octanol–water partition coefficient (Wildman–Crippen LogP) is 1.54. The second-order valence-corrected chi connectivity index (χ2v) is 3.88. The molecule has 18 heavy (non-hydrogen) atoms. The molecule has 1 heterocycles. The summed E-state index contributed by atoms with van der Waals surface area (Å²) in [7, 11) is 0. The Labute approximate surface area is 103 Å². The summed E-state index contributed by atoms with van der Waals surface area (Å²) < 4.78 is 4.84. The molecule has 0 aliphatic carbocycles. The van der Waals surface area contributed by atoms with Crippen LogP contribution in [0.3, 0.4) is 0 Å². The number of amides is 1. The normalized spacial score (nSPS) is 17.4. The number of hydrogen-bond donors (Lipinski definition) is 1. The predicted molar refractivity (Wildman–Crippen MR) is 61.9 cm³/mol. The summed E-state index contributed by atoms with van der Waals surface area (Å²) in [6.07, 6.45) is 1.09. The minimum Gasteiger partial charge on any atom is -0.481 e. The van der Waals surface area contributed by atoms with Crippen LogP contribution in [0.25, 0.3) is 10.4 Å². The highest BCUT2D eigenvalue weighted by Gasteiger charge is 2.42. The number of carbonyl (C=O) groups is 2. The van der Waals surface area contributed by atoms with Crippen molar-refractivity contribution in [2.75, 3.05) is 19.7 Å². The lowest BCUT2D eigenvalue weighted by molar-refractivity contribution is -0.145. The number of carboxylic acids is 1. The first-order valence-electron chi connectivity index (χ1n) is 5.38. The molecule has 1 rings (SSSR count). The van der Waals surface area contributed by atoms with Crippen LogP contribution in [0.2, 0.25) is 0 Å². The van der Waals surface area contributed by atoms with Crippen molar-refractivity contribution in [1.29, 1.82) is 0 Å². The molecule has 1 amide bonds.